The fraction of sp³-hybridized carbons (Fsp3) is 0.261. The van der Waals surface area contributed by atoms with E-state index >= 15 is 0 Å². The number of allylic oxidation sites excluding steroid dienone is 1. The number of ether oxygens (including phenoxy) is 1. The van der Waals surface area contributed by atoms with Crippen LogP contribution in [0.15, 0.2) is 60.2 Å². The second-order valence-electron chi connectivity index (χ2n) is 7.32. The number of carbonyl (C=O) groups excluding carboxylic acids is 1. The normalized spacial score (nSPS) is 15.9. The number of benzene rings is 2. The molecule has 1 atom stereocenters. The Bertz CT molecular complexity index is 1140. The van der Waals surface area contributed by atoms with Gasteiger partial charge in [0.1, 0.15) is 24.1 Å². The number of imidazole rings is 1. The van der Waals surface area contributed by atoms with Gasteiger partial charge in [0.2, 0.25) is 0 Å². The van der Waals surface area contributed by atoms with Gasteiger partial charge in [-0.25, -0.2) is 4.98 Å². The summed E-state index contributed by atoms with van der Waals surface area (Å²) in [5.74, 6) is 0.648. The Balaban J connectivity index is 1.46. The summed E-state index contributed by atoms with van der Waals surface area (Å²) in [4.78, 5) is 19.4. The van der Waals surface area contributed by atoms with E-state index in [0.717, 1.165) is 27.9 Å². The fourth-order valence-electron chi connectivity index (χ4n) is 3.63. The van der Waals surface area contributed by atoms with E-state index in [9.17, 15) is 10.1 Å². The first-order valence-electron chi connectivity index (χ1n) is 9.56. The van der Waals surface area contributed by atoms with Crippen molar-refractivity contribution in [1.82, 2.24) is 14.5 Å². The first-order chi connectivity index (χ1) is 14.1. The minimum absolute atomic E-state index is 0.153. The lowest BCUT2D eigenvalue weighted by Crippen LogP contribution is -2.31. The van der Waals surface area contributed by atoms with E-state index in [-0.39, 0.29) is 5.91 Å². The molecule has 6 nitrogen and oxygen atoms in total. The first-order valence-corrected chi connectivity index (χ1v) is 9.56. The lowest BCUT2D eigenvalue weighted by Gasteiger charge is -2.24. The Morgan fingerprint density at radius 3 is 2.86 bits per heavy atom. The van der Waals surface area contributed by atoms with Crippen LogP contribution in [0.25, 0.3) is 11.0 Å². The quantitative estimate of drug-likeness (QED) is 0.648. The summed E-state index contributed by atoms with van der Waals surface area (Å²) >= 11 is 0. The van der Waals surface area contributed by atoms with Crippen LogP contribution in [0.2, 0.25) is 0 Å². The molecule has 1 aliphatic heterocycles. The predicted octanol–water partition coefficient (Wildman–Crippen LogP) is 3.54. The Labute approximate surface area is 169 Å². The van der Waals surface area contributed by atoms with Gasteiger partial charge >= 0.3 is 0 Å². The standard InChI is InChI=1S/C23H22N4O2/c1-16-6-5-7-18(12-16)29-11-10-26(2)15-17-13-22(28)27-21-9-4-3-8-20(21)25-23(27)19(17)14-24/h3-9,12-13,19H,10-11,15H2,1-2H3/t19-/m0/s1. The van der Waals surface area contributed by atoms with E-state index in [1.54, 1.807) is 10.6 Å². The summed E-state index contributed by atoms with van der Waals surface area (Å²) in [6, 6.07) is 17.7. The molecule has 0 saturated heterocycles. The monoisotopic (exact) mass is 386 g/mol. The third kappa shape index (κ3) is 3.78. The topological polar surface area (TPSA) is 71.2 Å². The third-order valence-electron chi connectivity index (χ3n) is 5.06. The number of rotatable bonds is 6. The Morgan fingerprint density at radius 2 is 2.07 bits per heavy atom. The molecule has 29 heavy (non-hydrogen) atoms. The van der Waals surface area contributed by atoms with Crippen molar-refractivity contribution in [3.8, 4) is 11.8 Å². The zero-order chi connectivity index (χ0) is 20.4. The van der Waals surface area contributed by atoms with Gasteiger partial charge in [-0.1, -0.05) is 24.3 Å². The maximum absolute atomic E-state index is 12.7. The molecule has 0 amide bonds. The molecular weight excluding hydrogens is 364 g/mol. The number of nitrogens with zero attached hydrogens (tertiary/aromatic N) is 4. The van der Waals surface area contributed by atoms with Crippen LogP contribution in [0.3, 0.4) is 0 Å². The van der Waals surface area contributed by atoms with E-state index in [1.165, 1.54) is 0 Å². The lowest BCUT2D eigenvalue weighted by molar-refractivity contribution is 0.0963. The number of para-hydroxylation sites is 2. The summed E-state index contributed by atoms with van der Waals surface area (Å²) in [6.07, 6.45) is 1.58. The minimum Gasteiger partial charge on any atom is -0.492 e. The lowest BCUT2D eigenvalue weighted by atomic mass is 9.95. The van der Waals surface area contributed by atoms with E-state index in [1.807, 2.05) is 62.5 Å². The molecule has 0 unspecified atom stereocenters. The van der Waals surface area contributed by atoms with Crippen molar-refractivity contribution in [1.29, 1.82) is 5.26 Å². The van der Waals surface area contributed by atoms with Crippen LogP contribution >= 0.6 is 0 Å². The van der Waals surface area contributed by atoms with Crippen LogP contribution in [0, 0.1) is 18.3 Å². The minimum atomic E-state index is -0.541. The average Bonchev–Trinajstić information content (AvgIpc) is 3.08. The largest absolute Gasteiger partial charge is 0.492 e. The van der Waals surface area contributed by atoms with Gasteiger partial charge in [-0.15, -0.1) is 0 Å². The summed E-state index contributed by atoms with van der Waals surface area (Å²) < 4.78 is 7.36. The highest BCUT2D eigenvalue weighted by Gasteiger charge is 2.31. The van der Waals surface area contributed by atoms with Gasteiger partial charge in [-0.2, -0.15) is 5.26 Å². The van der Waals surface area contributed by atoms with Gasteiger partial charge in [0.05, 0.1) is 17.1 Å². The Hall–Kier alpha value is -3.43. The van der Waals surface area contributed by atoms with Crippen molar-refractivity contribution in [3.63, 3.8) is 0 Å². The van der Waals surface area contributed by atoms with Crippen molar-refractivity contribution in [2.45, 2.75) is 12.8 Å². The zero-order valence-corrected chi connectivity index (χ0v) is 16.5. The van der Waals surface area contributed by atoms with Crippen molar-refractivity contribution in [2.24, 2.45) is 0 Å². The maximum atomic E-state index is 12.7. The number of aryl methyl sites for hydroxylation is 1. The molecule has 0 bridgehead atoms. The molecule has 1 aromatic heterocycles. The second-order valence-corrected chi connectivity index (χ2v) is 7.32. The molecule has 2 aromatic carbocycles. The maximum Gasteiger partial charge on any atom is 0.256 e. The number of hydrogen-bond donors (Lipinski definition) is 0. The van der Waals surface area contributed by atoms with E-state index in [0.29, 0.717) is 25.5 Å². The van der Waals surface area contributed by atoms with Crippen molar-refractivity contribution in [2.75, 3.05) is 26.7 Å². The highest BCUT2D eigenvalue weighted by molar-refractivity contribution is 5.99. The highest BCUT2D eigenvalue weighted by atomic mass is 16.5. The van der Waals surface area contributed by atoms with E-state index in [2.05, 4.69) is 16.0 Å². The average molecular weight is 386 g/mol. The fourth-order valence-corrected chi connectivity index (χ4v) is 3.63. The molecular formula is C23H22N4O2. The van der Waals surface area contributed by atoms with Crippen LogP contribution in [0.5, 0.6) is 5.75 Å². The van der Waals surface area contributed by atoms with Gasteiger partial charge in [0.25, 0.3) is 5.91 Å². The van der Waals surface area contributed by atoms with Gasteiger partial charge in [0, 0.05) is 19.2 Å². The van der Waals surface area contributed by atoms with Crippen molar-refractivity contribution in [3.05, 3.63) is 71.6 Å². The molecule has 4 rings (SSSR count). The van der Waals surface area contributed by atoms with Crippen LogP contribution in [-0.2, 0) is 0 Å². The zero-order valence-electron chi connectivity index (χ0n) is 16.5. The third-order valence-corrected chi connectivity index (χ3v) is 5.06. The van der Waals surface area contributed by atoms with Crippen LogP contribution in [0.1, 0.15) is 22.1 Å². The van der Waals surface area contributed by atoms with Crippen molar-refractivity contribution < 1.29 is 9.53 Å². The number of aromatic nitrogens is 2. The number of carbonyl (C=O) groups is 1. The van der Waals surface area contributed by atoms with Gasteiger partial charge in [-0.3, -0.25) is 14.3 Å². The first kappa shape index (κ1) is 18.9. The van der Waals surface area contributed by atoms with E-state index < -0.39 is 5.92 Å². The molecule has 3 aromatic rings. The molecule has 0 saturated carbocycles. The van der Waals surface area contributed by atoms with Crippen molar-refractivity contribution >= 4 is 16.9 Å². The number of hydrogen-bond acceptors (Lipinski definition) is 5. The smallest absolute Gasteiger partial charge is 0.256 e. The molecule has 0 radical (unpaired) electrons. The second kappa shape index (κ2) is 7.90. The SMILES string of the molecule is Cc1cccc(OCCN(C)CC2=CC(=O)n3c(nc4ccccc43)[C@H]2C#N)c1. The Morgan fingerprint density at radius 1 is 1.24 bits per heavy atom. The predicted molar refractivity (Wildman–Crippen MR) is 111 cm³/mol. The number of nitriles is 1. The summed E-state index contributed by atoms with van der Waals surface area (Å²) in [6.45, 7) is 3.73. The molecule has 0 N–H and O–H groups in total. The van der Waals surface area contributed by atoms with E-state index in [4.69, 9.17) is 4.74 Å². The summed E-state index contributed by atoms with van der Waals surface area (Å²) in [7, 11) is 1.96. The molecule has 0 spiro atoms. The number of fused-ring (bicyclic) bond motifs is 3. The van der Waals surface area contributed by atoms with Gasteiger partial charge < -0.3 is 4.74 Å². The van der Waals surface area contributed by atoms with Gasteiger partial charge in [-0.05, 0) is 49.4 Å². The Kier molecular flexibility index (Phi) is 5.15. The molecule has 146 valence electrons. The molecule has 2 heterocycles. The van der Waals surface area contributed by atoms with Crippen LogP contribution < -0.4 is 4.74 Å². The number of likely N-dealkylation sites (N-methyl/N-ethyl adjacent to an activating group) is 1. The highest BCUT2D eigenvalue weighted by Crippen LogP contribution is 2.31. The summed E-state index contributed by atoms with van der Waals surface area (Å²) in [5.41, 5.74) is 3.38. The van der Waals surface area contributed by atoms with Crippen LogP contribution in [-0.4, -0.2) is 47.1 Å². The van der Waals surface area contributed by atoms with Gasteiger partial charge in [0.15, 0.2) is 0 Å². The summed E-state index contributed by atoms with van der Waals surface area (Å²) in [5, 5.41) is 9.78. The molecule has 0 aliphatic carbocycles. The van der Waals surface area contributed by atoms with Crippen LogP contribution in [0.4, 0.5) is 0 Å². The molecule has 6 heteroatoms. The molecule has 0 fully saturated rings. The molecule has 1 aliphatic rings.